The molecule has 3 fully saturated rings. The van der Waals surface area contributed by atoms with E-state index in [9.17, 15) is 9.59 Å². The number of Topliss-reactive ketones (excluding diaryl/α,β-unsaturated/α-hetero) is 1. The Morgan fingerprint density at radius 2 is 1.89 bits per heavy atom. The van der Waals surface area contributed by atoms with Gasteiger partial charge in [-0.25, -0.2) is 4.39 Å². The zero-order chi connectivity index (χ0) is 19.4. The summed E-state index contributed by atoms with van der Waals surface area (Å²) in [6, 6.07) is 0. The summed E-state index contributed by atoms with van der Waals surface area (Å²) in [4.78, 5) is 24.9. The van der Waals surface area contributed by atoms with Gasteiger partial charge in [-0.3, -0.25) is 9.59 Å². The Hall–Kier alpha value is -1.29. The van der Waals surface area contributed by atoms with E-state index in [1.54, 1.807) is 26.2 Å². The number of hydrogen-bond acceptors (Lipinski definition) is 3. The smallest absolute Gasteiger partial charge is 0.162 e. The Morgan fingerprint density at radius 3 is 2.56 bits per heavy atom. The van der Waals surface area contributed by atoms with Crippen molar-refractivity contribution in [2.75, 3.05) is 7.11 Å². The van der Waals surface area contributed by atoms with E-state index in [2.05, 4.69) is 13.8 Å². The lowest BCUT2D eigenvalue weighted by molar-refractivity contribution is -0.165. The van der Waals surface area contributed by atoms with Crippen LogP contribution in [-0.2, 0) is 14.3 Å². The van der Waals surface area contributed by atoms with Crippen LogP contribution >= 0.6 is 0 Å². The highest BCUT2D eigenvalue weighted by atomic mass is 19.1. The van der Waals surface area contributed by atoms with Gasteiger partial charge < -0.3 is 4.74 Å². The quantitative estimate of drug-likeness (QED) is 0.721. The Kier molecular flexibility index (Phi) is 3.42. The number of halogens is 1. The van der Waals surface area contributed by atoms with Gasteiger partial charge in [0.15, 0.2) is 11.6 Å². The van der Waals surface area contributed by atoms with Crippen molar-refractivity contribution in [2.45, 2.75) is 58.5 Å². The Labute approximate surface area is 160 Å². The molecular weight excluding hydrogens is 343 g/mol. The van der Waals surface area contributed by atoms with Gasteiger partial charge in [-0.05, 0) is 80.4 Å². The van der Waals surface area contributed by atoms with Crippen molar-refractivity contribution >= 4 is 11.6 Å². The molecule has 8 atom stereocenters. The second-order valence-corrected chi connectivity index (χ2v) is 10.1. The van der Waals surface area contributed by atoms with Crippen molar-refractivity contribution < 1.29 is 18.7 Å². The summed E-state index contributed by atoms with van der Waals surface area (Å²) in [5, 5.41) is 0. The first kappa shape index (κ1) is 17.8. The van der Waals surface area contributed by atoms with Crippen LogP contribution in [-0.4, -0.2) is 24.3 Å². The highest BCUT2D eigenvalue weighted by Gasteiger charge is 2.69. The number of rotatable bonds is 2. The molecule has 0 heterocycles. The molecule has 0 aromatic carbocycles. The van der Waals surface area contributed by atoms with Gasteiger partial charge in [-0.2, -0.15) is 0 Å². The molecule has 5 aliphatic rings. The van der Waals surface area contributed by atoms with E-state index in [0.29, 0.717) is 17.4 Å². The Morgan fingerprint density at radius 1 is 1.19 bits per heavy atom. The molecule has 0 amide bonds. The molecule has 0 radical (unpaired) electrons. The number of carbonyl (C=O) groups excluding carboxylic acids is 2. The molecule has 0 saturated heterocycles. The monoisotopic (exact) mass is 372 g/mol. The summed E-state index contributed by atoms with van der Waals surface area (Å²) in [5.41, 5.74) is -0.581. The van der Waals surface area contributed by atoms with Gasteiger partial charge in [0.05, 0.1) is 0 Å². The summed E-state index contributed by atoms with van der Waals surface area (Å²) in [6.45, 7) is 6.03. The molecule has 5 rings (SSSR count). The molecule has 27 heavy (non-hydrogen) atoms. The van der Waals surface area contributed by atoms with Gasteiger partial charge in [0.1, 0.15) is 11.4 Å². The second kappa shape index (κ2) is 5.20. The maximum Gasteiger partial charge on any atom is 0.162 e. The minimum absolute atomic E-state index is 0.103. The van der Waals surface area contributed by atoms with E-state index in [0.717, 1.165) is 32.1 Å². The molecule has 3 nitrogen and oxygen atoms in total. The van der Waals surface area contributed by atoms with Crippen molar-refractivity contribution in [2.24, 2.45) is 40.4 Å². The zero-order valence-corrected chi connectivity index (χ0v) is 16.7. The molecular formula is C23H29FO3. The number of carbonyl (C=O) groups is 2. The van der Waals surface area contributed by atoms with Crippen LogP contribution in [0.1, 0.15) is 52.9 Å². The summed E-state index contributed by atoms with van der Waals surface area (Å²) >= 11 is 0. The lowest BCUT2D eigenvalue weighted by Gasteiger charge is -2.57. The van der Waals surface area contributed by atoms with Gasteiger partial charge in [-0.15, -0.1) is 0 Å². The molecule has 146 valence electrons. The van der Waals surface area contributed by atoms with Gasteiger partial charge >= 0.3 is 0 Å². The molecule has 0 spiro atoms. The van der Waals surface area contributed by atoms with E-state index >= 15 is 4.39 Å². The number of allylic oxidation sites excluding steroid dienone is 4. The molecule has 2 unspecified atom stereocenters. The van der Waals surface area contributed by atoms with Gasteiger partial charge in [0.25, 0.3) is 0 Å². The van der Waals surface area contributed by atoms with Crippen LogP contribution in [0.15, 0.2) is 23.6 Å². The van der Waals surface area contributed by atoms with Gasteiger partial charge in [-0.1, -0.05) is 13.8 Å². The predicted octanol–water partition coefficient (Wildman–Crippen LogP) is 4.42. The third-order valence-electron chi connectivity index (χ3n) is 9.53. The SMILES string of the molecule is CO[C@]1(C(C)=O)CC[C@H]2[C@@H]3C=C(F)C4=CC(=O)C5CC5[C@@]4(C)[C@@H]3CC[C@@]21C. The van der Waals surface area contributed by atoms with Crippen LogP contribution in [0.4, 0.5) is 4.39 Å². The largest absolute Gasteiger partial charge is 0.370 e. The van der Waals surface area contributed by atoms with Crippen molar-refractivity contribution in [1.29, 1.82) is 0 Å². The molecule has 0 bridgehead atoms. The standard InChI is InChI=1S/C23H29FO3/c1-12(25)23(27-4)8-6-15-13-10-19(24)18-11-20(26)14-9-17(14)22(18,3)16(13)5-7-21(15,23)2/h10-11,13-17H,5-9H2,1-4H3/t13-,14?,15-,16+,17?,21-,22+,23-/m0/s1. The van der Waals surface area contributed by atoms with E-state index in [1.807, 2.05) is 0 Å². The molecule has 5 aliphatic carbocycles. The highest BCUT2D eigenvalue weighted by Crippen LogP contribution is 2.72. The molecule has 0 aromatic rings. The first-order valence-electron chi connectivity index (χ1n) is 10.4. The first-order valence-corrected chi connectivity index (χ1v) is 10.4. The Balaban J connectivity index is 1.61. The van der Waals surface area contributed by atoms with Crippen molar-refractivity contribution in [3.8, 4) is 0 Å². The maximum absolute atomic E-state index is 15.3. The molecule has 0 N–H and O–H groups in total. The highest BCUT2D eigenvalue weighted by molar-refractivity contribution is 5.97. The van der Waals surface area contributed by atoms with E-state index in [1.165, 1.54) is 0 Å². The number of hydrogen-bond donors (Lipinski definition) is 0. The maximum atomic E-state index is 15.3. The van der Waals surface area contributed by atoms with Crippen molar-refractivity contribution in [3.63, 3.8) is 0 Å². The Bertz CT molecular complexity index is 812. The van der Waals surface area contributed by atoms with Crippen LogP contribution < -0.4 is 0 Å². The van der Waals surface area contributed by atoms with Crippen molar-refractivity contribution in [1.82, 2.24) is 0 Å². The van der Waals surface area contributed by atoms with E-state index < -0.39 is 5.60 Å². The molecule has 0 aromatic heterocycles. The third-order valence-corrected chi connectivity index (χ3v) is 9.53. The first-order chi connectivity index (χ1) is 12.7. The number of fused-ring (bicyclic) bond motifs is 7. The third kappa shape index (κ3) is 1.86. The second-order valence-electron chi connectivity index (χ2n) is 10.1. The lowest BCUT2D eigenvalue weighted by Crippen LogP contribution is -2.57. The van der Waals surface area contributed by atoms with Gasteiger partial charge in [0.2, 0.25) is 0 Å². The van der Waals surface area contributed by atoms with Crippen LogP contribution in [0.25, 0.3) is 0 Å². The average Bonchev–Trinajstić information content (AvgIpc) is 3.36. The fourth-order valence-corrected chi connectivity index (χ4v) is 8.02. The normalized spacial score (nSPS) is 52.8. The molecule has 3 saturated carbocycles. The van der Waals surface area contributed by atoms with Crippen LogP contribution in [0.3, 0.4) is 0 Å². The topological polar surface area (TPSA) is 43.4 Å². The average molecular weight is 372 g/mol. The summed E-state index contributed by atoms with van der Waals surface area (Å²) < 4.78 is 21.2. The van der Waals surface area contributed by atoms with Gasteiger partial charge in [0, 0.05) is 23.9 Å². The number of ketones is 2. The minimum atomic E-state index is -0.741. The molecule has 0 aliphatic heterocycles. The zero-order valence-electron chi connectivity index (χ0n) is 16.7. The number of methoxy groups -OCH3 is 1. The molecule has 4 heteroatoms. The van der Waals surface area contributed by atoms with E-state index in [-0.39, 0.29) is 46.0 Å². The summed E-state index contributed by atoms with van der Waals surface area (Å²) in [5.74, 6) is 1.15. The fourth-order valence-electron chi connectivity index (χ4n) is 8.02. The minimum Gasteiger partial charge on any atom is -0.370 e. The lowest BCUT2D eigenvalue weighted by atomic mass is 9.47. The van der Waals surface area contributed by atoms with Crippen LogP contribution in [0.5, 0.6) is 0 Å². The van der Waals surface area contributed by atoms with Crippen molar-refractivity contribution in [3.05, 3.63) is 23.6 Å². The summed E-state index contributed by atoms with van der Waals surface area (Å²) in [7, 11) is 1.65. The van der Waals surface area contributed by atoms with Crippen LogP contribution in [0, 0.1) is 40.4 Å². The predicted molar refractivity (Wildman–Crippen MR) is 99.5 cm³/mol. The van der Waals surface area contributed by atoms with E-state index in [4.69, 9.17) is 4.74 Å². The number of ether oxygens (including phenoxy) is 1. The summed E-state index contributed by atoms with van der Waals surface area (Å²) in [6.07, 6.45) is 7.82. The fraction of sp³-hybridized carbons (Fsp3) is 0.739. The van der Waals surface area contributed by atoms with Crippen LogP contribution in [0.2, 0.25) is 0 Å².